The van der Waals surface area contributed by atoms with Gasteiger partial charge in [-0.15, -0.1) is 0 Å². The van der Waals surface area contributed by atoms with Crippen LogP contribution < -0.4 is 10.1 Å². The maximum atomic E-state index is 13.2. The number of carbonyl (C=O) groups excluding carboxylic acids is 1. The minimum atomic E-state index is -4.17. The quantitative estimate of drug-likeness (QED) is 0.391. The molecule has 0 aliphatic rings. The van der Waals surface area contributed by atoms with Crippen LogP contribution in [0.3, 0.4) is 0 Å². The van der Waals surface area contributed by atoms with E-state index in [0.717, 1.165) is 36.4 Å². The van der Waals surface area contributed by atoms with Gasteiger partial charge in [0.1, 0.15) is 28.0 Å². The fraction of sp³-hybridized carbons (Fsp3) is 0.0909. The van der Waals surface area contributed by atoms with Crippen molar-refractivity contribution in [2.75, 3.05) is 5.32 Å². The first-order valence-corrected chi connectivity index (χ1v) is 10.6. The van der Waals surface area contributed by atoms with Crippen LogP contribution in [0, 0.1) is 19.7 Å². The highest BCUT2D eigenvalue weighted by Crippen LogP contribution is 2.37. The number of hydrogen-bond donors (Lipinski definition) is 3. The van der Waals surface area contributed by atoms with Crippen LogP contribution in [-0.2, 0) is 19.4 Å². The Morgan fingerprint density at radius 1 is 1.00 bits per heavy atom. The van der Waals surface area contributed by atoms with E-state index in [1.807, 2.05) is 0 Å². The molecule has 0 spiro atoms. The van der Waals surface area contributed by atoms with Gasteiger partial charge in [-0.2, -0.15) is 0 Å². The Morgan fingerprint density at radius 3 is 2.28 bits per heavy atom. The second kappa shape index (κ2) is 8.67. The molecule has 3 N–H and O–H groups in total. The first kappa shape index (κ1) is 22.8. The summed E-state index contributed by atoms with van der Waals surface area (Å²) < 4.78 is 44.8. The van der Waals surface area contributed by atoms with Crippen molar-refractivity contribution in [1.29, 1.82) is 0 Å². The van der Waals surface area contributed by atoms with Crippen molar-refractivity contribution in [2.45, 2.75) is 23.6 Å². The zero-order valence-electron chi connectivity index (χ0n) is 16.9. The summed E-state index contributed by atoms with van der Waals surface area (Å²) in [5, 5.41) is 21.2. The van der Waals surface area contributed by atoms with E-state index in [2.05, 4.69) is 5.32 Å². The molecule has 1 amide bonds. The molecule has 0 saturated carbocycles. The predicted octanol–water partition coefficient (Wildman–Crippen LogP) is 3.80. The molecule has 0 radical (unpaired) electrons. The number of aromatic hydroxyl groups is 1. The number of aliphatic carboxylic acids is 1. The normalized spacial score (nSPS) is 11.1. The number of benzene rings is 3. The van der Waals surface area contributed by atoms with Gasteiger partial charge < -0.3 is 20.3 Å². The Hall–Kier alpha value is -3.92. The Kier molecular flexibility index (Phi) is 6.17. The van der Waals surface area contributed by atoms with Crippen LogP contribution in [0.4, 0.5) is 10.1 Å². The van der Waals surface area contributed by atoms with Crippen molar-refractivity contribution in [1.82, 2.24) is 0 Å². The highest BCUT2D eigenvalue weighted by atomic mass is 32.2. The Balaban J connectivity index is 2.00. The lowest BCUT2D eigenvalue weighted by Crippen LogP contribution is -2.22. The molecule has 8 nitrogen and oxygen atoms in total. The van der Waals surface area contributed by atoms with Gasteiger partial charge >= 0.3 is 11.9 Å². The summed E-state index contributed by atoms with van der Waals surface area (Å²) in [6.45, 7) is 3.30. The molecule has 10 heteroatoms. The van der Waals surface area contributed by atoms with E-state index in [-0.39, 0.29) is 22.1 Å². The summed E-state index contributed by atoms with van der Waals surface area (Å²) in [4.78, 5) is 21.7. The van der Waals surface area contributed by atoms with Crippen LogP contribution in [0.2, 0.25) is 0 Å². The molecule has 32 heavy (non-hydrogen) atoms. The molecule has 0 atom stereocenters. The molecule has 0 aliphatic heterocycles. The van der Waals surface area contributed by atoms with E-state index in [4.69, 9.17) is 9.84 Å². The number of ether oxygens (including phenoxy) is 1. The Bertz CT molecular complexity index is 1320. The van der Waals surface area contributed by atoms with Crippen LogP contribution in [-0.4, -0.2) is 30.5 Å². The molecule has 0 fully saturated rings. The lowest BCUT2D eigenvalue weighted by molar-refractivity contribution is -0.147. The van der Waals surface area contributed by atoms with Crippen LogP contribution in [0.25, 0.3) is 0 Å². The van der Waals surface area contributed by atoms with Crippen LogP contribution >= 0.6 is 0 Å². The standard InChI is InChI=1S/C22H18FNO7S/c1-12-3-9-17(24-21(26)22(27)28)13(2)20(12)31-15-6-10-18(25)19(11-15)32(29,30)16-7-4-14(23)5-8-16/h3-11,25H,1-2H3,(H,24,26)(H,27,28). The molecule has 0 aromatic heterocycles. The van der Waals surface area contributed by atoms with Crippen molar-refractivity contribution < 1.29 is 37.3 Å². The average molecular weight is 459 g/mol. The molecule has 0 bridgehead atoms. The minimum absolute atomic E-state index is 0.0661. The summed E-state index contributed by atoms with van der Waals surface area (Å²) in [6, 6.07) is 10.9. The molecular weight excluding hydrogens is 441 g/mol. The summed E-state index contributed by atoms with van der Waals surface area (Å²) in [5.74, 6) is -3.66. The summed E-state index contributed by atoms with van der Waals surface area (Å²) in [7, 11) is -4.17. The molecule has 0 aliphatic carbocycles. The van der Waals surface area contributed by atoms with Gasteiger partial charge in [-0.1, -0.05) is 6.07 Å². The highest BCUT2D eigenvalue weighted by Gasteiger charge is 2.23. The lowest BCUT2D eigenvalue weighted by atomic mass is 10.1. The van der Waals surface area contributed by atoms with E-state index < -0.39 is 38.2 Å². The molecule has 0 saturated heterocycles. The maximum absolute atomic E-state index is 13.2. The van der Waals surface area contributed by atoms with E-state index in [1.54, 1.807) is 19.9 Å². The second-order valence-electron chi connectivity index (χ2n) is 6.83. The number of anilines is 1. The minimum Gasteiger partial charge on any atom is -0.507 e. The SMILES string of the molecule is Cc1ccc(NC(=O)C(=O)O)c(C)c1Oc1ccc(O)c(S(=O)(=O)c2ccc(F)cc2)c1. The average Bonchev–Trinajstić information content (AvgIpc) is 2.74. The maximum Gasteiger partial charge on any atom is 0.394 e. The molecule has 3 rings (SSSR count). The third-order valence-corrected chi connectivity index (χ3v) is 6.41. The fourth-order valence-electron chi connectivity index (χ4n) is 2.93. The Morgan fingerprint density at radius 2 is 1.66 bits per heavy atom. The van der Waals surface area contributed by atoms with Crippen molar-refractivity contribution in [3.8, 4) is 17.2 Å². The summed E-state index contributed by atoms with van der Waals surface area (Å²) in [6.07, 6.45) is 0. The van der Waals surface area contributed by atoms with Gasteiger partial charge in [0.2, 0.25) is 9.84 Å². The van der Waals surface area contributed by atoms with E-state index in [9.17, 15) is 27.5 Å². The third-order valence-electron chi connectivity index (χ3n) is 4.61. The lowest BCUT2D eigenvalue weighted by Gasteiger charge is -2.16. The van der Waals surface area contributed by atoms with Crippen LogP contribution in [0.5, 0.6) is 17.2 Å². The number of hydrogen-bond acceptors (Lipinski definition) is 6. The number of amides is 1. The zero-order valence-corrected chi connectivity index (χ0v) is 17.7. The third kappa shape index (κ3) is 4.54. The number of nitrogens with one attached hydrogen (secondary N) is 1. The van der Waals surface area contributed by atoms with Crippen LogP contribution in [0.15, 0.2) is 64.4 Å². The number of carbonyl (C=O) groups is 2. The number of halogens is 1. The van der Waals surface area contributed by atoms with Gasteiger partial charge in [-0.25, -0.2) is 17.6 Å². The molecule has 0 unspecified atom stereocenters. The first-order chi connectivity index (χ1) is 15.0. The number of aryl methyl sites for hydroxylation is 1. The molecule has 0 heterocycles. The van der Waals surface area contributed by atoms with E-state index in [1.165, 1.54) is 12.1 Å². The first-order valence-electron chi connectivity index (χ1n) is 9.16. The number of rotatable bonds is 5. The van der Waals surface area contributed by atoms with Gasteiger partial charge in [0.25, 0.3) is 0 Å². The number of carboxylic acids is 1. The van der Waals surface area contributed by atoms with E-state index >= 15 is 0 Å². The largest absolute Gasteiger partial charge is 0.507 e. The predicted molar refractivity (Wildman–Crippen MR) is 112 cm³/mol. The van der Waals surface area contributed by atoms with Crippen molar-refractivity contribution in [2.24, 2.45) is 0 Å². The monoisotopic (exact) mass is 459 g/mol. The van der Waals surface area contributed by atoms with Gasteiger partial charge in [0, 0.05) is 17.3 Å². The van der Waals surface area contributed by atoms with Gasteiger partial charge in [-0.05, 0) is 61.9 Å². The second-order valence-corrected chi connectivity index (χ2v) is 8.75. The van der Waals surface area contributed by atoms with Crippen molar-refractivity contribution in [3.63, 3.8) is 0 Å². The van der Waals surface area contributed by atoms with Crippen molar-refractivity contribution >= 4 is 27.4 Å². The number of carboxylic acid groups (broad SMARTS) is 1. The fourth-order valence-corrected chi connectivity index (χ4v) is 4.29. The summed E-state index contributed by atoms with van der Waals surface area (Å²) >= 11 is 0. The topological polar surface area (TPSA) is 130 Å². The number of sulfone groups is 1. The number of phenols is 1. The van der Waals surface area contributed by atoms with Gasteiger partial charge in [-0.3, -0.25) is 4.79 Å². The van der Waals surface area contributed by atoms with Gasteiger partial charge in [0.05, 0.1) is 4.90 Å². The smallest absolute Gasteiger partial charge is 0.394 e. The van der Waals surface area contributed by atoms with E-state index in [0.29, 0.717) is 11.1 Å². The van der Waals surface area contributed by atoms with Crippen LogP contribution in [0.1, 0.15) is 11.1 Å². The Labute approximate surface area is 182 Å². The number of phenolic OH excluding ortho intramolecular Hbond substituents is 1. The molecule has 166 valence electrons. The zero-order chi connectivity index (χ0) is 23.6. The highest BCUT2D eigenvalue weighted by molar-refractivity contribution is 7.91. The molecule has 3 aromatic carbocycles. The molecular formula is C22H18FNO7S. The van der Waals surface area contributed by atoms with Gasteiger partial charge in [0.15, 0.2) is 0 Å². The molecule has 3 aromatic rings. The van der Waals surface area contributed by atoms with Crippen molar-refractivity contribution in [3.05, 3.63) is 71.5 Å². The summed E-state index contributed by atoms with van der Waals surface area (Å²) in [5.41, 5.74) is 1.25.